The maximum Gasteiger partial charge on any atom is 0.323 e. The Hall–Kier alpha value is -2.17. The lowest BCUT2D eigenvalue weighted by Crippen LogP contribution is -2.44. The van der Waals surface area contributed by atoms with Crippen molar-refractivity contribution < 1.29 is 14.6 Å². The Balaban J connectivity index is 2.27. The number of esters is 1. The van der Waals surface area contributed by atoms with Gasteiger partial charge in [-0.3, -0.25) is 9.69 Å². The second-order valence-corrected chi connectivity index (χ2v) is 7.79. The number of carbonyl (C=O) groups is 1. The summed E-state index contributed by atoms with van der Waals surface area (Å²) in [6, 6.07) is 19.9. The standard InChI is InChI=1S/C23H31NO3/c1-23(2,3)27-22(26)21(15-10-16-25)24(17-19-11-6-4-7-12-19)18-20-13-8-5-9-14-20/h4-9,11-14,21,25H,10,15-18H2,1-3H3/t21-/m0/s1. The predicted molar refractivity (Wildman–Crippen MR) is 108 cm³/mol. The molecule has 4 heteroatoms. The molecule has 0 bridgehead atoms. The third-order valence-electron chi connectivity index (χ3n) is 4.21. The van der Waals surface area contributed by atoms with Gasteiger partial charge in [-0.15, -0.1) is 0 Å². The number of nitrogens with zero attached hydrogens (tertiary/aromatic N) is 1. The molecule has 4 nitrogen and oxygen atoms in total. The van der Waals surface area contributed by atoms with Crippen LogP contribution in [0.25, 0.3) is 0 Å². The van der Waals surface area contributed by atoms with Crippen molar-refractivity contribution in [2.24, 2.45) is 0 Å². The lowest BCUT2D eigenvalue weighted by Gasteiger charge is -2.32. The Bertz CT molecular complexity index is 638. The van der Waals surface area contributed by atoms with E-state index in [1.165, 1.54) is 0 Å². The van der Waals surface area contributed by atoms with E-state index in [4.69, 9.17) is 4.74 Å². The summed E-state index contributed by atoms with van der Waals surface area (Å²) in [4.78, 5) is 15.1. The van der Waals surface area contributed by atoms with Crippen molar-refractivity contribution in [2.45, 2.75) is 58.3 Å². The van der Waals surface area contributed by atoms with Crippen molar-refractivity contribution in [1.82, 2.24) is 4.90 Å². The minimum Gasteiger partial charge on any atom is -0.459 e. The summed E-state index contributed by atoms with van der Waals surface area (Å²) in [6.07, 6.45) is 1.12. The van der Waals surface area contributed by atoms with Crippen molar-refractivity contribution in [1.29, 1.82) is 0 Å². The molecular weight excluding hydrogens is 338 g/mol. The van der Waals surface area contributed by atoms with Gasteiger partial charge in [-0.2, -0.15) is 0 Å². The first kappa shape index (κ1) is 21.1. The van der Waals surface area contributed by atoms with E-state index in [1.807, 2.05) is 57.2 Å². The van der Waals surface area contributed by atoms with Gasteiger partial charge in [0.25, 0.3) is 0 Å². The minimum absolute atomic E-state index is 0.0593. The molecule has 2 aromatic rings. The minimum atomic E-state index is -0.542. The van der Waals surface area contributed by atoms with Crippen LogP contribution in [0.2, 0.25) is 0 Å². The van der Waals surface area contributed by atoms with Crippen LogP contribution < -0.4 is 0 Å². The molecule has 0 aliphatic rings. The molecule has 2 aromatic carbocycles. The maximum absolute atomic E-state index is 12.9. The lowest BCUT2D eigenvalue weighted by atomic mass is 10.1. The van der Waals surface area contributed by atoms with Gasteiger partial charge in [-0.1, -0.05) is 60.7 Å². The van der Waals surface area contributed by atoms with Gasteiger partial charge in [0.15, 0.2) is 0 Å². The van der Waals surface area contributed by atoms with E-state index < -0.39 is 11.6 Å². The zero-order valence-corrected chi connectivity index (χ0v) is 16.6. The molecule has 0 spiro atoms. The first-order valence-electron chi connectivity index (χ1n) is 9.54. The molecule has 0 saturated carbocycles. The van der Waals surface area contributed by atoms with Crippen LogP contribution in [0.3, 0.4) is 0 Å². The molecule has 27 heavy (non-hydrogen) atoms. The number of hydrogen-bond donors (Lipinski definition) is 1. The highest BCUT2D eigenvalue weighted by Crippen LogP contribution is 2.20. The summed E-state index contributed by atoms with van der Waals surface area (Å²) in [5.74, 6) is -0.234. The molecule has 0 radical (unpaired) electrons. The Labute approximate surface area is 162 Å². The molecular formula is C23H31NO3. The van der Waals surface area contributed by atoms with Crippen LogP contribution >= 0.6 is 0 Å². The van der Waals surface area contributed by atoms with Gasteiger partial charge in [-0.05, 0) is 44.7 Å². The fourth-order valence-electron chi connectivity index (χ4n) is 3.02. The number of ether oxygens (including phenoxy) is 1. The lowest BCUT2D eigenvalue weighted by molar-refractivity contribution is -0.162. The quantitative estimate of drug-likeness (QED) is 0.674. The molecule has 0 amide bonds. The van der Waals surface area contributed by atoms with E-state index in [0.717, 1.165) is 11.1 Å². The number of aliphatic hydroxyl groups is 1. The second-order valence-electron chi connectivity index (χ2n) is 7.79. The van der Waals surface area contributed by atoms with Crippen LogP contribution in [-0.2, 0) is 22.6 Å². The van der Waals surface area contributed by atoms with Crippen LogP contribution in [0.5, 0.6) is 0 Å². The van der Waals surface area contributed by atoms with Crippen LogP contribution in [-0.4, -0.2) is 34.2 Å². The normalized spacial score (nSPS) is 12.8. The van der Waals surface area contributed by atoms with Gasteiger partial charge in [0.1, 0.15) is 11.6 Å². The van der Waals surface area contributed by atoms with Crippen molar-refractivity contribution in [3.05, 3.63) is 71.8 Å². The van der Waals surface area contributed by atoms with E-state index >= 15 is 0 Å². The van der Waals surface area contributed by atoms with Crippen LogP contribution in [0.1, 0.15) is 44.7 Å². The summed E-state index contributed by atoms with van der Waals surface area (Å²) < 4.78 is 5.69. The molecule has 0 aromatic heterocycles. The average molecular weight is 370 g/mol. The Morgan fingerprint density at radius 3 is 1.85 bits per heavy atom. The number of benzene rings is 2. The maximum atomic E-state index is 12.9. The highest BCUT2D eigenvalue weighted by molar-refractivity contribution is 5.76. The summed E-state index contributed by atoms with van der Waals surface area (Å²) >= 11 is 0. The van der Waals surface area contributed by atoms with E-state index in [-0.39, 0.29) is 12.6 Å². The number of rotatable bonds is 9. The van der Waals surface area contributed by atoms with E-state index in [9.17, 15) is 9.90 Å². The Morgan fingerprint density at radius 2 is 1.44 bits per heavy atom. The van der Waals surface area contributed by atoms with Crippen molar-refractivity contribution in [3.63, 3.8) is 0 Å². The fraction of sp³-hybridized carbons (Fsp3) is 0.435. The molecule has 1 N–H and O–H groups in total. The van der Waals surface area contributed by atoms with Crippen molar-refractivity contribution >= 4 is 5.97 Å². The van der Waals surface area contributed by atoms with Crippen molar-refractivity contribution in [3.8, 4) is 0 Å². The molecule has 2 rings (SSSR count). The zero-order chi connectivity index (χ0) is 19.7. The largest absolute Gasteiger partial charge is 0.459 e. The summed E-state index contributed by atoms with van der Waals surface area (Å²) in [5, 5.41) is 9.32. The third-order valence-corrected chi connectivity index (χ3v) is 4.21. The van der Waals surface area contributed by atoms with Gasteiger partial charge < -0.3 is 9.84 Å². The van der Waals surface area contributed by atoms with E-state index in [0.29, 0.717) is 25.9 Å². The molecule has 0 aliphatic heterocycles. The number of carbonyl (C=O) groups excluding carboxylic acids is 1. The third kappa shape index (κ3) is 7.53. The average Bonchev–Trinajstić information content (AvgIpc) is 2.62. The van der Waals surface area contributed by atoms with Crippen LogP contribution in [0.4, 0.5) is 0 Å². The molecule has 0 fully saturated rings. The number of aliphatic hydroxyl groups excluding tert-OH is 1. The molecule has 0 aliphatic carbocycles. The highest BCUT2D eigenvalue weighted by Gasteiger charge is 2.30. The molecule has 0 heterocycles. The second kappa shape index (κ2) is 10.2. The van der Waals surface area contributed by atoms with Gasteiger partial charge >= 0.3 is 5.97 Å². The van der Waals surface area contributed by atoms with Crippen molar-refractivity contribution in [2.75, 3.05) is 6.61 Å². The van der Waals surface area contributed by atoms with Gasteiger partial charge in [0, 0.05) is 19.7 Å². The zero-order valence-electron chi connectivity index (χ0n) is 16.6. The Morgan fingerprint density at radius 1 is 0.963 bits per heavy atom. The molecule has 0 saturated heterocycles. The summed E-state index contributed by atoms with van der Waals surface area (Å²) in [7, 11) is 0. The molecule has 0 unspecified atom stereocenters. The van der Waals surface area contributed by atoms with Gasteiger partial charge in [0.05, 0.1) is 0 Å². The highest BCUT2D eigenvalue weighted by atomic mass is 16.6. The molecule has 1 atom stereocenters. The Kier molecular flexibility index (Phi) is 8.01. The number of hydrogen-bond acceptors (Lipinski definition) is 4. The fourth-order valence-corrected chi connectivity index (χ4v) is 3.02. The molecule has 146 valence electrons. The van der Waals surface area contributed by atoms with Crippen LogP contribution in [0, 0.1) is 0 Å². The summed E-state index contributed by atoms with van der Waals surface area (Å²) in [6.45, 7) is 6.99. The topological polar surface area (TPSA) is 49.8 Å². The summed E-state index contributed by atoms with van der Waals surface area (Å²) in [5.41, 5.74) is 1.75. The first-order chi connectivity index (χ1) is 12.9. The smallest absolute Gasteiger partial charge is 0.323 e. The monoisotopic (exact) mass is 369 g/mol. The van der Waals surface area contributed by atoms with Crippen LogP contribution in [0.15, 0.2) is 60.7 Å². The van der Waals surface area contributed by atoms with Gasteiger partial charge in [-0.25, -0.2) is 0 Å². The van der Waals surface area contributed by atoms with E-state index in [1.54, 1.807) is 0 Å². The van der Waals surface area contributed by atoms with E-state index in [2.05, 4.69) is 29.2 Å². The first-order valence-corrected chi connectivity index (χ1v) is 9.54. The SMILES string of the molecule is CC(C)(C)OC(=O)[C@H](CCCO)N(Cc1ccccc1)Cc1ccccc1. The predicted octanol–water partition coefficient (Wildman–Crippen LogP) is 4.17. The van der Waals surface area contributed by atoms with Gasteiger partial charge in [0.2, 0.25) is 0 Å².